The van der Waals surface area contributed by atoms with E-state index in [9.17, 15) is 0 Å². The van der Waals surface area contributed by atoms with E-state index in [1.54, 1.807) is 6.07 Å². The first kappa shape index (κ1) is 9.09. The summed E-state index contributed by atoms with van der Waals surface area (Å²) >= 11 is 5.79. The van der Waals surface area contributed by atoms with Gasteiger partial charge in [-0.1, -0.05) is 18.5 Å². The SMILES string of the molecule is [CH2]C(C)c1cc(Cl)cc(C#N)c1. The Labute approximate surface area is 77.6 Å². The molecule has 0 aliphatic heterocycles. The fourth-order valence-corrected chi connectivity index (χ4v) is 1.20. The van der Waals surface area contributed by atoms with Gasteiger partial charge < -0.3 is 0 Å². The first-order chi connectivity index (χ1) is 5.63. The zero-order valence-electron chi connectivity index (χ0n) is 6.84. The van der Waals surface area contributed by atoms with Crippen molar-refractivity contribution in [1.29, 1.82) is 5.26 Å². The Morgan fingerprint density at radius 1 is 1.50 bits per heavy atom. The Balaban J connectivity index is 3.17. The summed E-state index contributed by atoms with van der Waals surface area (Å²) in [4.78, 5) is 0. The van der Waals surface area contributed by atoms with Gasteiger partial charge in [-0.2, -0.15) is 5.26 Å². The van der Waals surface area contributed by atoms with Gasteiger partial charge in [-0.25, -0.2) is 0 Å². The van der Waals surface area contributed by atoms with Crippen LogP contribution in [0.5, 0.6) is 0 Å². The van der Waals surface area contributed by atoms with Crippen molar-refractivity contribution in [2.75, 3.05) is 0 Å². The average Bonchev–Trinajstić information content (AvgIpc) is 2.03. The van der Waals surface area contributed by atoms with E-state index in [0.29, 0.717) is 10.6 Å². The van der Waals surface area contributed by atoms with Crippen LogP contribution in [-0.2, 0) is 0 Å². The lowest BCUT2D eigenvalue weighted by molar-refractivity contribution is 0.963. The van der Waals surface area contributed by atoms with Gasteiger partial charge in [0, 0.05) is 5.02 Å². The van der Waals surface area contributed by atoms with E-state index in [1.807, 2.05) is 19.1 Å². The molecule has 0 amide bonds. The monoisotopic (exact) mass is 178 g/mol. The summed E-state index contributed by atoms with van der Waals surface area (Å²) in [5, 5.41) is 9.24. The number of rotatable bonds is 1. The van der Waals surface area contributed by atoms with Crippen LogP contribution in [-0.4, -0.2) is 0 Å². The molecule has 61 valence electrons. The highest BCUT2D eigenvalue weighted by molar-refractivity contribution is 6.30. The lowest BCUT2D eigenvalue weighted by Gasteiger charge is -2.05. The van der Waals surface area contributed by atoms with E-state index in [2.05, 4.69) is 13.0 Å². The second-order valence-electron chi connectivity index (χ2n) is 2.79. The minimum atomic E-state index is 0.163. The molecule has 1 atom stereocenters. The molecule has 0 N–H and O–H groups in total. The average molecular weight is 179 g/mol. The van der Waals surface area contributed by atoms with E-state index >= 15 is 0 Å². The highest BCUT2D eigenvalue weighted by Gasteiger charge is 2.02. The second-order valence-corrected chi connectivity index (χ2v) is 3.22. The molecule has 0 aliphatic rings. The van der Waals surface area contributed by atoms with Gasteiger partial charge in [0.2, 0.25) is 0 Å². The minimum Gasteiger partial charge on any atom is -0.192 e. The molecule has 12 heavy (non-hydrogen) atoms. The van der Waals surface area contributed by atoms with Crippen molar-refractivity contribution in [2.45, 2.75) is 12.8 Å². The number of nitriles is 1. The standard InChI is InChI=1S/C10H9ClN/c1-7(2)9-3-8(6-12)4-10(11)5-9/h3-5,7H,1H2,2H3. The molecule has 2 heteroatoms. The number of halogens is 1. The van der Waals surface area contributed by atoms with Crippen LogP contribution in [0.2, 0.25) is 5.02 Å². The van der Waals surface area contributed by atoms with E-state index in [1.165, 1.54) is 0 Å². The van der Waals surface area contributed by atoms with Crippen LogP contribution in [0.3, 0.4) is 0 Å². The zero-order valence-corrected chi connectivity index (χ0v) is 7.60. The minimum absolute atomic E-state index is 0.163. The van der Waals surface area contributed by atoms with Crippen molar-refractivity contribution in [1.82, 2.24) is 0 Å². The molecule has 1 rings (SSSR count). The molecule has 1 aromatic rings. The van der Waals surface area contributed by atoms with Crippen molar-refractivity contribution in [2.24, 2.45) is 0 Å². The third kappa shape index (κ3) is 1.99. The van der Waals surface area contributed by atoms with Crippen LogP contribution in [0.4, 0.5) is 0 Å². The van der Waals surface area contributed by atoms with E-state index in [4.69, 9.17) is 16.9 Å². The fraction of sp³-hybridized carbons (Fsp3) is 0.200. The van der Waals surface area contributed by atoms with Crippen molar-refractivity contribution in [3.05, 3.63) is 41.3 Å². The smallest absolute Gasteiger partial charge is 0.0992 e. The fourth-order valence-electron chi connectivity index (χ4n) is 0.961. The van der Waals surface area contributed by atoms with Gasteiger partial charge in [0.1, 0.15) is 0 Å². The van der Waals surface area contributed by atoms with Crippen molar-refractivity contribution in [3.8, 4) is 6.07 Å². The van der Waals surface area contributed by atoms with Gasteiger partial charge in [0.15, 0.2) is 0 Å². The van der Waals surface area contributed by atoms with Crippen LogP contribution >= 0.6 is 11.6 Å². The van der Waals surface area contributed by atoms with Gasteiger partial charge >= 0.3 is 0 Å². The summed E-state index contributed by atoms with van der Waals surface area (Å²) in [6.07, 6.45) is 0. The Kier molecular flexibility index (Phi) is 2.73. The molecule has 0 saturated heterocycles. The summed E-state index contributed by atoms with van der Waals surface area (Å²) in [5.74, 6) is 0.163. The molecule has 1 radical (unpaired) electrons. The van der Waals surface area contributed by atoms with Crippen LogP contribution < -0.4 is 0 Å². The van der Waals surface area contributed by atoms with Crippen LogP contribution in [0.1, 0.15) is 24.0 Å². The number of hydrogen-bond donors (Lipinski definition) is 0. The highest BCUT2D eigenvalue weighted by Crippen LogP contribution is 2.20. The zero-order chi connectivity index (χ0) is 9.14. The van der Waals surface area contributed by atoms with Gasteiger partial charge in [-0.15, -0.1) is 0 Å². The van der Waals surface area contributed by atoms with Gasteiger partial charge in [0.05, 0.1) is 11.6 Å². The maximum Gasteiger partial charge on any atom is 0.0992 e. The topological polar surface area (TPSA) is 23.8 Å². The van der Waals surface area contributed by atoms with Gasteiger partial charge in [0.25, 0.3) is 0 Å². The Bertz CT molecular complexity index is 323. The Morgan fingerprint density at radius 2 is 2.17 bits per heavy atom. The molecular weight excluding hydrogens is 170 g/mol. The van der Waals surface area contributed by atoms with Crippen LogP contribution in [0, 0.1) is 18.3 Å². The molecule has 0 saturated carbocycles. The number of nitrogens with zero attached hydrogens (tertiary/aromatic N) is 1. The van der Waals surface area contributed by atoms with Crippen LogP contribution in [0.15, 0.2) is 18.2 Å². The first-order valence-corrected chi connectivity index (χ1v) is 4.05. The molecule has 0 spiro atoms. The molecule has 0 aliphatic carbocycles. The molecule has 0 heterocycles. The summed E-state index contributed by atoms with van der Waals surface area (Å²) in [7, 11) is 0. The first-order valence-electron chi connectivity index (χ1n) is 3.67. The van der Waals surface area contributed by atoms with E-state index < -0.39 is 0 Å². The summed E-state index contributed by atoms with van der Waals surface area (Å²) in [6.45, 7) is 5.82. The summed E-state index contributed by atoms with van der Waals surface area (Å²) < 4.78 is 0. The Morgan fingerprint density at radius 3 is 2.67 bits per heavy atom. The second kappa shape index (κ2) is 3.60. The predicted molar refractivity (Wildman–Crippen MR) is 49.9 cm³/mol. The third-order valence-electron chi connectivity index (χ3n) is 1.62. The third-order valence-corrected chi connectivity index (χ3v) is 1.84. The maximum atomic E-state index is 8.64. The van der Waals surface area contributed by atoms with Crippen molar-refractivity contribution in [3.63, 3.8) is 0 Å². The molecule has 1 unspecified atom stereocenters. The summed E-state index contributed by atoms with van der Waals surface area (Å²) in [5.41, 5.74) is 1.59. The number of hydrogen-bond acceptors (Lipinski definition) is 1. The lowest BCUT2D eigenvalue weighted by Crippen LogP contribution is -1.88. The largest absolute Gasteiger partial charge is 0.192 e. The van der Waals surface area contributed by atoms with Crippen molar-refractivity contribution >= 4 is 11.6 Å². The van der Waals surface area contributed by atoms with E-state index in [-0.39, 0.29) is 5.92 Å². The normalized spacial score (nSPS) is 9.92. The maximum absolute atomic E-state index is 8.64. The highest BCUT2D eigenvalue weighted by atomic mass is 35.5. The molecule has 0 aromatic heterocycles. The molecular formula is C10H9ClN. The van der Waals surface area contributed by atoms with E-state index in [0.717, 1.165) is 5.56 Å². The predicted octanol–water partition coefficient (Wildman–Crippen LogP) is 3.15. The van der Waals surface area contributed by atoms with Gasteiger partial charge in [-0.3, -0.25) is 0 Å². The number of benzene rings is 1. The molecule has 1 nitrogen and oxygen atoms in total. The molecule has 1 aromatic carbocycles. The quantitative estimate of drug-likeness (QED) is 0.648. The summed E-state index contributed by atoms with van der Waals surface area (Å²) in [6, 6.07) is 7.34. The molecule has 0 bridgehead atoms. The lowest BCUT2D eigenvalue weighted by atomic mass is 10.0. The van der Waals surface area contributed by atoms with Crippen molar-refractivity contribution < 1.29 is 0 Å². The van der Waals surface area contributed by atoms with Gasteiger partial charge in [-0.05, 0) is 36.6 Å². The Hall–Kier alpha value is -1.00. The molecule has 0 fully saturated rings. The van der Waals surface area contributed by atoms with Crippen LogP contribution in [0.25, 0.3) is 0 Å².